The number of rotatable bonds is 7. The zero-order valence-corrected chi connectivity index (χ0v) is 18.0. The van der Waals surface area contributed by atoms with E-state index in [1.807, 2.05) is 0 Å². The van der Waals surface area contributed by atoms with Gasteiger partial charge in [-0.25, -0.2) is 0 Å². The van der Waals surface area contributed by atoms with Crippen molar-refractivity contribution in [2.24, 2.45) is 5.92 Å². The fourth-order valence-corrected chi connectivity index (χ4v) is 9.76. The molecular formula is C25H31NSi. The Balaban J connectivity index is 2.07. The van der Waals surface area contributed by atoms with E-state index >= 15 is 0 Å². The molecule has 0 fully saturated rings. The third-order valence-corrected chi connectivity index (χ3v) is 11.1. The van der Waals surface area contributed by atoms with E-state index in [0.717, 1.165) is 6.54 Å². The molecule has 0 saturated heterocycles. The van der Waals surface area contributed by atoms with Gasteiger partial charge < -0.3 is 4.90 Å². The highest BCUT2D eigenvalue weighted by atomic mass is 28.3. The molecule has 0 aromatic heterocycles. The maximum Gasteiger partial charge on any atom is 0.132 e. The van der Waals surface area contributed by atoms with Crippen molar-refractivity contribution in [2.75, 3.05) is 7.05 Å². The van der Waals surface area contributed by atoms with Gasteiger partial charge in [0.2, 0.25) is 0 Å². The molecule has 140 valence electrons. The van der Waals surface area contributed by atoms with Crippen LogP contribution in [-0.4, -0.2) is 25.7 Å². The average molecular weight is 374 g/mol. The Morgan fingerprint density at radius 2 is 1.11 bits per heavy atom. The van der Waals surface area contributed by atoms with Crippen LogP contribution in [0.5, 0.6) is 0 Å². The molecule has 1 atom stereocenters. The summed E-state index contributed by atoms with van der Waals surface area (Å²) in [6, 6.07) is 33.2. The van der Waals surface area contributed by atoms with E-state index in [1.54, 1.807) is 0 Å². The Morgan fingerprint density at radius 1 is 0.704 bits per heavy atom. The summed E-state index contributed by atoms with van der Waals surface area (Å²) in [5, 5.41) is 3.02. The first-order valence-corrected chi connectivity index (χ1v) is 12.5. The van der Waals surface area contributed by atoms with Crippen LogP contribution in [0.1, 0.15) is 19.4 Å². The highest BCUT2D eigenvalue weighted by molar-refractivity contribution is 7.02. The van der Waals surface area contributed by atoms with Gasteiger partial charge in [-0.05, 0) is 18.5 Å². The molecule has 0 spiro atoms. The molecule has 3 aromatic rings. The maximum atomic E-state index is 2.59. The minimum Gasteiger partial charge on any atom is -0.301 e. The number of nitrogens with zero attached hydrogens (tertiary/aromatic N) is 1. The topological polar surface area (TPSA) is 3.24 Å². The zero-order valence-electron chi connectivity index (χ0n) is 17.0. The van der Waals surface area contributed by atoms with Gasteiger partial charge in [0.25, 0.3) is 0 Å². The smallest absolute Gasteiger partial charge is 0.132 e. The standard InChI is InChI=1S/C25H31NSi/c1-21(2)25(26(3)20-22-14-8-5-9-15-22)27(4,23-16-10-6-11-17-23)24-18-12-7-13-19-24/h5-19,21,25H,20H2,1-4H3. The van der Waals surface area contributed by atoms with Gasteiger partial charge in [-0.1, -0.05) is 122 Å². The SMILES string of the molecule is CC(C)C(N(C)Cc1ccccc1)[Si](C)(c1ccccc1)c1ccccc1. The first-order chi connectivity index (χ1) is 13.0. The van der Waals surface area contributed by atoms with Crippen LogP contribution < -0.4 is 10.4 Å². The quantitative estimate of drug-likeness (QED) is 0.548. The van der Waals surface area contributed by atoms with Gasteiger partial charge in [0.1, 0.15) is 8.07 Å². The Bertz CT molecular complexity index is 775. The molecule has 0 aliphatic heterocycles. The van der Waals surface area contributed by atoms with Crippen LogP contribution in [0.25, 0.3) is 0 Å². The van der Waals surface area contributed by atoms with Crippen molar-refractivity contribution in [3.8, 4) is 0 Å². The second-order valence-corrected chi connectivity index (χ2v) is 12.2. The van der Waals surface area contributed by atoms with Crippen molar-refractivity contribution in [3.05, 3.63) is 96.6 Å². The first kappa shape index (κ1) is 19.6. The fourth-order valence-electron chi connectivity index (χ4n) is 4.66. The molecule has 0 aliphatic carbocycles. The van der Waals surface area contributed by atoms with Crippen molar-refractivity contribution < 1.29 is 0 Å². The van der Waals surface area contributed by atoms with Crippen molar-refractivity contribution in [3.63, 3.8) is 0 Å². The third-order valence-electron chi connectivity index (χ3n) is 5.72. The van der Waals surface area contributed by atoms with Gasteiger partial charge in [-0.3, -0.25) is 0 Å². The molecule has 0 N–H and O–H groups in total. The molecule has 0 heterocycles. The van der Waals surface area contributed by atoms with E-state index < -0.39 is 8.07 Å². The molecule has 1 nitrogen and oxygen atoms in total. The van der Waals surface area contributed by atoms with Gasteiger partial charge in [0, 0.05) is 12.2 Å². The summed E-state index contributed by atoms with van der Waals surface area (Å²) in [7, 11) is 0.315. The normalized spacial score (nSPS) is 13.1. The van der Waals surface area contributed by atoms with E-state index in [1.165, 1.54) is 15.9 Å². The minimum atomic E-state index is -1.99. The number of benzene rings is 3. The monoisotopic (exact) mass is 373 g/mol. The molecule has 3 rings (SSSR count). The van der Waals surface area contributed by atoms with Gasteiger partial charge >= 0.3 is 0 Å². The molecule has 2 heteroatoms. The lowest BCUT2D eigenvalue weighted by atomic mass is 10.1. The Kier molecular flexibility index (Phi) is 6.30. The van der Waals surface area contributed by atoms with Crippen LogP contribution in [-0.2, 0) is 6.54 Å². The summed E-state index contributed by atoms with van der Waals surface area (Å²) < 4.78 is 0. The van der Waals surface area contributed by atoms with Crippen LogP contribution in [0, 0.1) is 5.92 Å². The minimum absolute atomic E-state index is 0.502. The summed E-state index contributed by atoms with van der Waals surface area (Å²) in [5.74, 6) is 0.566. The number of hydrogen-bond acceptors (Lipinski definition) is 1. The van der Waals surface area contributed by atoms with Crippen LogP contribution in [0.15, 0.2) is 91.0 Å². The lowest BCUT2D eigenvalue weighted by Gasteiger charge is -2.44. The van der Waals surface area contributed by atoms with Gasteiger partial charge in [-0.2, -0.15) is 0 Å². The van der Waals surface area contributed by atoms with Crippen molar-refractivity contribution in [2.45, 2.75) is 32.6 Å². The highest BCUT2D eigenvalue weighted by Crippen LogP contribution is 2.23. The molecule has 27 heavy (non-hydrogen) atoms. The molecule has 0 amide bonds. The van der Waals surface area contributed by atoms with E-state index in [-0.39, 0.29) is 0 Å². The van der Waals surface area contributed by atoms with Gasteiger partial charge in [-0.15, -0.1) is 0 Å². The van der Waals surface area contributed by atoms with Gasteiger partial charge in [0.05, 0.1) is 0 Å². The first-order valence-electron chi connectivity index (χ1n) is 9.88. The van der Waals surface area contributed by atoms with Crippen LogP contribution in [0.3, 0.4) is 0 Å². The summed E-state index contributed by atoms with van der Waals surface area (Å²) in [5.41, 5.74) is 1.88. The van der Waals surface area contributed by atoms with Gasteiger partial charge in [0.15, 0.2) is 0 Å². The summed E-state index contributed by atoms with van der Waals surface area (Å²) in [6.45, 7) is 8.28. The van der Waals surface area contributed by atoms with E-state index in [0.29, 0.717) is 11.6 Å². The molecule has 1 unspecified atom stereocenters. The predicted octanol–water partition coefficient (Wildman–Crippen LogP) is 4.58. The van der Waals surface area contributed by atoms with Crippen LogP contribution in [0.4, 0.5) is 0 Å². The highest BCUT2D eigenvalue weighted by Gasteiger charge is 2.43. The lowest BCUT2D eigenvalue weighted by molar-refractivity contribution is 0.245. The average Bonchev–Trinajstić information content (AvgIpc) is 2.69. The van der Waals surface area contributed by atoms with Crippen molar-refractivity contribution in [1.82, 2.24) is 4.90 Å². The summed E-state index contributed by atoms with van der Waals surface area (Å²) in [6.07, 6.45) is 0. The predicted molar refractivity (Wildman–Crippen MR) is 120 cm³/mol. The second kappa shape index (κ2) is 8.68. The second-order valence-electron chi connectivity index (χ2n) is 8.02. The maximum absolute atomic E-state index is 2.59. The molecule has 0 saturated carbocycles. The van der Waals surface area contributed by atoms with E-state index in [9.17, 15) is 0 Å². The molecule has 0 bridgehead atoms. The van der Waals surface area contributed by atoms with Crippen LogP contribution >= 0.6 is 0 Å². The Hall–Kier alpha value is -2.16. The molecule has 0 aliphatic rings. The zero-order chi connectivity index (χ0) is 19.3. The van der Waals surface area contributed by atoms with E-state index in [4.69, 9.17) is 0 Å². The molecule has 0 radical (unpaired) electrons. The Labute approximate surface area is 165 Å². The molecular weight excluding hydrogens is 342 g/mol. The molecule has 3 aromatic carbocycles. The lowest BCUT2D eigenvalue weighted by Crippen LogP contribution is -2.70. The van der Waals surface area contributed by atoms with E-state index in [2.05, 4.69) is 123 Å². The van der Waals surface area contributed by atoms with Crippen LogP contribution in [0.2, 0.25) is 6.55 Å². The summed E-state index contributed by atoms with van der Waals surface area (Å²) in [4.78, 5) is 2.59. The van der Waals surface area contributed by atoms with Crippen molar-refractivity contribution >= 4 is 18.4 Å². The van der Waals surface area contributed by atoms with Crippen molar-refractivity contribution in [1.29, 1.82) is 0 Å². The third kappa shape index (κ3) is 4.23. The Morgan fingerprint density at radius 3 is 1.52 bits per heavy atom. The summed E-state index contributed by atoms with van der Waals surface area (Å²) >= 11 is 0. The fraction of sp³-hybridized carbons (Fsp3) is 0.280. The number of hydrogen-bond donors (Lipinski definition) is 0. The largest absolute Gasteiger partial charge is 0.301 e.